The third kappa shape index (κ3) is 2.79. The number of carboxylic acid groups (broad SMARTS) is 1. The second kappa shape index (κ2) is 5.05. The number of hydrogen-bond acceptors (Lipinski definition) is 4. The van der Waals surface area contributed by atoms with Crippen LogP contribution in [0.25, 0.3) is 0 Å². The van der Waals surface area contributed by atoms with Crippen LogP contribution in [0, 0.1) is 6.92 Å². The summed E-state index contributed by atoms with van der Waals surface area (Å²) >= 11 is 0. The molecule has 0 aliphatic heterocycles. The van der Waals surface area contributed by atoms with E-state index in [1.165, 1.54) is 12.1 Å². The molecule has 1 aromatic heterocycles. The summed E-state index contributed by atoms with van der Waals surface area (Å²) in [7, 11) is 0. The highest BCUT2D eigenvalue weighted by Gasteiger charge is 2.28. The first kappa shape index (κ1) is 13.4. The lowest BCUT2D eigenvalue weighted by Gasteiger charge is -2.07. The van der Waals surface area contributed by atoms with E-state index in [1.54, 1.807) is 19.1 Å². The Morgan fingerprint density at radius 1 is 1.33 bits per heavy atom. The Bertz CT molecular complexity index is 716. The molecule has 0 atom stereocenters. The van der Waals surface area contributed by atoms with Crippen LogP contribution in [0.15, 0.2) is 28.8 Å². The molecule has 1 aliphatic rings. The minimum absolute atomic E-state index is 0.118. The van der Waals surface area contributed by atoms with Crippen LogP contribution >= 0.6 is 0 Å². The molecule has 0 spiro atoms. The number of benzene rings is 1. The number of nitrogens with one attached hydrogen (secondary N) is 1. The highest BCUT2D eigenvalue weighted by Crippen LogP contribution is 2.39. The van der Waals surface area contributed by atoms with Crippen molar-refractivity contribution in [2.75, 3.05) is 5.32 Å². The summed E-state index contributed by atoms with van der Waals surface area (Å²) in [6.45, 7) is 1.79. The number of aryl methyl sites for hydroxylation is 1. The number of carbonyl (C=O) groups excluding carboxylic acids is 1. The van der Waals surface area contributed by atoms with Crippen LogP contribution in [0.4, 0.5) is 5.69 Å². The van der Waals surface area contributed by atoms with E-state index in [9.17, 15) is 9.59 Å². The van der Waals surface area contributed by atoms with Crippen molar-refractivity contribution >= 4 is 17.6 Å². The fraction of sp³-hybridized carbons (Fsp3) is 0.267. The SMILES string of the molecule is Cc1ccc(C(=O)O)cc1NC(=O)c1cc(C2CC2)no1. The van der Waals surface area contributed by atoms with Crippen LogP contribution in [-0.4, -0.2) is 22.1 Å². The molecule has 21 heavy (non-hydrogen) atoms. The van der Waals surface area contributed by atoms with Gasteiger partial charge in [-0.1, -0.05) is 11.2 Å². The lowest BCUT2D eigenvalue weighted by Crippen LogP contribution is -2.12. The fourth-order valence-electron chi connectivity index (χ4n) is 2.04. The van der Waals surface area contributed by atoms with Crippen molar-refractivity contribution < 1.29 is 19.2 Å². The van der Waals surface area contributed by atoms with Gasteiger partial charge in [-0.3, -0.25) is 4.79 Å². The van der Waals surface area contributed by atoms with E-state index in [4.69, 9.17) is 9.63 Å². The topological polar surface area (TPSA) is 92.4 Å². The van der Waals surface area contributed by atoms with Crippen molar-refractivity contribution in [1.82, 2.24) is 5.16 Å². The number of carboxylic acids is 1. The Labute approximate surface area is 120 Å². The van der Waals surface area contributed by atoms with E-state index < -0.39 is 11.9 Å². The van der Waals surface area contributed by atoms with Gasteiger partial charge in [0.15, 0.2) is 0 Å². The normalized spacial score (nSPS) is 14.0. The van der Waals surface area contributed by atoms with Gasteiger partial charge in [0.05, 0.1) is 11.3 Å². The first-order chi connectivity index (χ1) is 10.0. The number of aromatic nitrogens is 1. The molecule has 6 nitrogen and oxygen atoms in total. The van der Waals surface area contributed by atoms with Crippen LogP contribution in [0.1, 0.15) is 50.9 Å². The van der Waals surface area contributed by atoms with Gasteiger partial charge < -0.3 is 14.9 Å². The average Bonchev–Trinajstić information content (AvgIpc) is 3.18. The molecule has 1 heterocycles. The van der Waals surface area contributed by atoms with E-state index in [1.807, 2.05) is 0 Å². The molecule has 1 aromatic carbocycles. The average molecular weight is 286 g/mol. The number of aromatic carboxylic acids is 1. The van der Waals surface area contributed by atoms with Crippen LogP contribution in [-0.2, 0) is 0 Å². The molecule has 2 aromatic rings. The smallest absolute Gasteiger partial charge is 0.335 e. The Kier molecular flexibility index (Phi) is 3.21. The highest BCUT2D eigenvalue weighted by molar-refractivity contribution is 6.03. The second-order valence-electron chi connectivity index (χ2n) is 5.18. The minimum atomic E-state index is -1.04. The number of nitrogens with zero attached hydrogens (tertiary/aromatic N) is 1. The molecule has 1 fully saturated rings. The fourth-order valence-corrected chi connectivity index (χ4v) is 2.04. The van der Waals surface area contributed by atoms with Gasteiger partial charge in [-0.05, 0) is 37.5 Å². The number of rotatable bonds is 4. The molecule has 3 rings (SSSR count). The summed E-state index contributed by atoms with van der Waals surface area (Å²) in [6, 6.07) is 6.21. The van der Waals surface area contributed by atoms with Crippen LogP contribution in [0.5, 0.6) is 0 Å². The zero-order valence-corrected chi connectivity index (χ0v) is 11.4. The maximum absolute atomic E-state index is 12.1. The molecule has 0 bridgehead atoms. The van der Waals surface area contributed by atoms with Crippen molar-refractivity contribution in [2.45, 2.75) is 25.7 Å². The maximum Gasteiger partial charge on any atom is 0.335 e. The van der Waals surface area contributed by atoms with Gasteiger partial charge in [0.25, 0.3) is 5.91 Å². The number of hydrogen-bond donors (Lipinski definition) is 2. The highest BCUT2D eigenvalue weighted by atomic mass is 16.5. The lowest BCUT2D eigenvalue weighted by atomic mass is 10.1. The van der Waals surface area contributed by atoms with Gasteiger partial charge in [-0.15, -0.1) is 0 Å². The molecular formula is C15H14N2O4. The molecule has 0 saturated heterocycles. The predicted octanol–water partition coefficient (Wildman–Crippen LogP) is 2.81. The molecule has 1 aliphatic carbocycles. The molecule has 1 amide bonds. The number of anilines is 1. The van der Waals surface area contributed by atoms with Crippen LogP contribution < -0.4 is 5.32 Å². The van der Waals surface area contributed by atoms with Gasteiger partial charge in [-0.2, -0.15) is 0 Å². The Morgan fingerprint density at radius 3 is 2.76 bits per heavy atom. The van der Waals surface area contributed by atoms with Gasteiger partial charge in [0, 0.05) is 17.7 Å². The van der Waals surface area contributed by atoms with Gasteiger partial charge in [-0.25, -0.2) is 4.79 Å². The molecule has 2 N–H and O–H groups in total. The Morgan fingerprint density at radius 2 is 2.10 bits per heavy atom. The minimum Gasteiger partial charge on any atom is -0.478 e. The zero-order chi connectivity index (χ0) is 15.0. The van der Waals surface area contributed by atoms with E-state index in [0.29, 0.717) is 11.6 Å². The molecule has 0 radical (unpaired) electrons. The number of carbonyl (C=O) groups is 2. The first-order valence-corrected chi connectivity index (χ1v) is 6.66. The van der Waals surface area contributed by atoms with Crippen molar-refractivity contribution in [2.24, 2.45) is 0 Å². The monoisotopic (exact) mass is 286 g/mol. The second-order valence-corrected chi connectivity index (χ2v) is 5.18. The maximum atomic E-state index is 12.1. The van der Waals surface area contributed by atoms with Gasteiger partial charge in [0.1, 0.15) is 0 Å². The molecule has 6 heteroatoms. The zero-order valence-electron chi connectivity index (χ0n) is 11.4. The van der Waals surface area contributed by atoms with Crippen LogP contribution in [0.3, 0.4) is 0 Å². The molecule has 1 saturated carbocycles. The molecule has 0 unspecified atom stereocenters. The Hall–Kier alpha value is -2.63. The predicted molar refractivity (Wildman–Crippen MR) is 74.6 cm³/mol. The molecular weight excluding hydrogens is 272 g/mol. The molecule has 108 valence electrons. The third-order valence-corrected chi connectivity index (χ3v) is 3.48. The van der Waals surface area contributed by atoms with Crippen molar-refractivity contribution in [1.29, 1.82) is 0 Å². The summed E-state index contributed by atoms with van der Waals surface area (Å²) in [6.07, 6.45) is 2.15. The standard InChI is InChI=1S/C15H14N2O4/c1-8-2-3-10(15(19)20)6-11(8)16-14(18)13-7-12(17-21-13)9-4-5-9/h2-3,6-7,9H,4-5H2,1H3,(H,16,18)(H,19,20). The van der Waals surface area contributed by atoms with Crippen molar-refractivity contribution in [3.8, 4) is 0 Å². The summed E-state index contributed by atoms with van der Waals surface area (Å²) in [4.78, 5) is 23.1. The quantitative estimate of drug-likeness (QED) is 0.901. The van der Waals surface area contributed by atoms with Crippen molar-refractivity contribution in [3.05, 3.63) is 46.8 Å². The lowest BCUT2D eigenvalue weighted by molar-refractivity contribution is 0.0696. The summed E-state index contributed by atoms with van der Waals surface area (Å²) < 4.78 is 5.04. The van der Waals surface area contributed by atoms with Gasteiger partial charge in [0.2, 0.25) is 5.76 Å². The van der Waals surface area contributed by atoms with Crippen molar-refractivity contribution in [3.63, 3.8) is 0 Å². The summed E-state index contributed by atoms with van der Waals surface area (Å²) in [5.41, 5.74) is 2.14. The summed E-state index contributed by atoms with van der Waals surface area (Å²) in [5, 5.41) is 15.5. The van der Waals surface area contributed by atoms with Gasteiger partial charge >= 0.3 is 5.97 Å². The van der Waals surface area contributed by atoms with E-state index in [0.717, 1.165) is 24.1 Å². The third-order valence-electron chi connectivity index (χ3n) is 3.48. The first-order valence-electron chi connectivity index (χ1n) is 6.66. The van der Waals surface area contributed by atoms with Crippen LogP contribution in [0.2, 0.25) is 0 Å². The Balaban J connectivity index is 1.79. The number of amides is 1. The summed E-state index contributed by atoms with van der Waals surface area (Å²) in [5.74, 6) is -0.925. The largest absolute Gasteiger partial charge is 0.478 e. The van der Waals surface area contributed by atoms with E-state index >= 15 is 0 Å². The van der Waals surface area contributed by atoms with E-state index in [2.05, 4.69) is 10.5 Å². The van der Waals surface area contributed by atoms with E-state index in [-0.39, 0.29) is 11.3 Å².